The third-order valence-electron chi connectivity index (χ3n) is 4.43. The van der Waals surface area contributed by atoms with E-state index in [9.17, 15) is 5.11 Å². The Balaban J connectivity index is 1.59. The largest absolute Gasteiger partial charge is 0.508 e. The average molecular weight is 418 g/mol. The van der Waals surface area contributed by atoms with Gasteiger partial charge in [0.1, 0.15) is 24.1 Å². The zero-order valence-corrected chi connectivity index (χ0v) is 14.6. The number of halogens is 1. The highest BCUT2D eigenvalue weighted by Crippen LogP contribution is 2.48. The zero-order chi connectivity index (χ0) is 15.5. The van der Waals surface area contributed by atoms with Gasteiger partial charge in [-0.1, -0.05) is 40.8 Å². The molecule has 6 atom stereocenters. The van der Waals surface area contributed by atoms with Gasteiger partial charge in [-0.05, 0) is 26.3 Å². The molecule has 0 aliphatic carbocycles. The first-order valence-corrected chi connectivity index (χ1v) is 8.78. The first kappa shape index (κ1) is 15.1. The van der Waals surface area contributed by atoms with Crippen molar-refractivity contribution in [2.75, 3.05) is 0 Å². The fraction of sp³-hybridized carbons (Fsp3) is 0.625. The summed E-state index contributed by atoms with van der Waals surface area (Å²) in [6.45, 7) is 3.77. The number of fused-ring (bicyclic) bond motifs is 3. The summed E-state index contributed by atoms with van der Waals surface area (Å²) >= 11 is 2.40. The lowest BCUT2D eigenvalue weighted by Crippen LogP contribution is -2.45. The average Bonchev–Trinajstić information content (AvgIpc) is 2.92. The minimum atomic E-state index is -0.647. The molecule has 0 unspecified atom stereocenters. The van der Waals surface area contributed by atoms with Crippen molar-refractivity contribution in [2.24, 2.45) is 0 Å². The van der Waals surface area contributed by atoms with Crippen molar-refractivity contribution in [2.45, 2.75) is 60.7 Å². The van der Waals surface area contributed by atoms with Crippen molar-refractivity contribution in [3.05, 3.63) is 29.8 Å². The molecule has 22 heavy (non-hydrogen) atoms. The standard InChI is InChI=1S/C16H19IO5/c1-16(2)21-14-13-12(20-15(14)22-16)9(17)7-11(19-13)8-5-3-4-6-10(8)18/h3-6,9,11-15,18H,7H2,1-2H3/t9-,11-,12-,13+,14+,15+/m1/s1. The first-order chi connectivity index (χ1) is 10.4. The smallest absolute Gasteiger partial charge is 0.190 e. The molecule has 0 spiro atoms. The summed E-state index contributed by atoms with van der Waals surface area (Å²) in [5.74, 6) is -0.374. The van der Waals surface area contributed by atoms with Gasteiger partial charge in [0.2, 0.25) is 0 Å². The van der Waals surface area contributed by atoms with E-state index in [1.807, 2.05) is 32.0 Å². The molecule has 3 saturated heterocycles. The Morgan fingerprint density at radius 1 is 1.09 bits per heavy atom. The van der Waals surface area contributed by atoms with Crippen LogP contribution in [0.25, 0.3) is 0 Å². The summed E-state index contributed by atoms with van der Waals surface area (Å²) < 4.78 is 24.3. The van der Waals surface area contributed by atoms with Crippen LogP contribution < -0.4 is 0 Å². The van der Waals surface area contributed by atoms with Crippen LogP contribution in [0.15, 0.2) is 24.3 Å². The Morgan fingerprint density at radius 2 is 1.86 bits per heavy atom. The molecule has 0 amide bonds. The van der Waals surface area contributed by atoms with Gasteiger partial charge in [0.15, 0.2) is 12.1 Å². The predicted molar refractivity (Wildman–Crippen MR) is 86.8 cm³/mol. The number of hydrogen-bond acceptors (Lipinski definition) is 5. The number of alkyl halides is 1. The molecule has 3 aliphatic heterocycles. The van der Waals surface area contributed by atoms with Crippen molar-refractivity contribution in [3.8, 4) is 5.75 Å². The molecule has 3 fully saturated rings. The van der Waals surface area contributed by atoms with Crippen LogP contribution >= 0.6 is 22.6 Å². The number of hydrogen-bond donors (Lipinski definition) is 1. The lowest BCUT2D eigenvalue weighted by molar-refractivity contribution is -0.229. The van der Waals surface area contributed by atoms with Crippen molar-refractivity contribution in [1.82, 2.24) is 0 Å². The van der Waals surface area contributed by atoms with Gasteiger partial charge in [-0.15, -0.1) is 0 Å². The molecule has 4 rings (SSSR count). The Morgan fingerprint density at radius 3 is 2.64 bits per heavy atom. The van der Waals surface area contributed by atoms with Crippen LogP contribution in [0.3, 0.4) is 0 Å². The predicted octanol–water partition coefficient (Wildman–Crippen LogP) is 2.90. The number of benzene rings is 1. The molecule has 0 radical (unpaired) electrons. The molecular weight excluding hydrogens is 399 g/mol. The number of ether oxygens (including phenoxy) is 4. The SMILES string of the molecule is CC1(C)O[C@@H]2O[C@H]3[C@H](O[C@@H](c4ccccc4O)C[C@H]3I)[C@@H]2O1. The molecule has 0 bridgehead atoms. The van der Waals surface area contributed by atoms with E-state index in [2.05, 4.69) is 22.6 Å². The Bertz CT molecular complexity index is 577. The van der Waals surface area contributed by atoms with Crippen molar-refractivity contribution in [3.63, 3.8) is 0 Å². The van der Waals surface area contributed by atoms with E-state index in [1.165, 1.54) is 0 Å². The van der Waals surface area contributed by atoms with Gasteiger partial charge in [-0.25, -0.2) is 0 Å². The van der Waals surface area contributed by atoms with Crippen molar-refractivity contribution in [1.29, 1.82) is 0 Å². The lowest BCUT2D eigenvalue weighted by Gasteiger charge is -2.37. The third kappa shape index (κ3) is 2.45. The molecule has 0 saturated carbocycles. The van der Waals surface area contributed by atoms with E-state index in [-0.39, 0.29) is 40.4 Å². The Kier molecular flexibility index (Phi) is 3.65. The van der Waals surface area contributed by atoms with E-state index in [0.717, 1.165) is 12.0 Å². The highest BCUT2D eigenvalue weighted by atomic mass is 127. The lowest BCUT2D eigenvalue weighted by atomic mass is 9.95. The minimum absolute atomic E-state index is 0.0335. The molecule has 5 nitrogen and oxygen atoms in total. The summed E-state index contributed by atoms with van der Waals surface area (Å²) in [4.78, 5) is 0. The number of phenolic OH excluding ortho intramolecular Hbond substituents is 1. The summed E-state index contributed by atoms with van der Waals surface area (Å²) in [5.41, 5.74) is 0.823. The summed E-state index contributed by atoms with van der Waals surface area (Å²) in [7, 11) is 0. The molecule has 120 valence electrons. The van der Waals surface area contributed by atoms with Gasteiger partial charge in [-0.3, -0.25) is 0 Å². The van der Waals surface area contributed by atoms with Crippen LogP contribution in [0.1, 0.15) is 31.9 Å². The maximum atomic E-state index is 10.1. The monoisotopic (exact) mass is 418 g/mol. The molecule has 1 aromatic rings. The maximum Gasteiger partial charge on any atom is 0.190 e. The summed E-state index contributed by atoms with van der Waals surface area (Å²) in [5, 5.41) is 10.1. The third-order valence-corrected chi connectivity index (χ3v) is 5.65. The topological polar surface area (TPSA) is 57.2 Å². The van der Waals surface area contributed by atoms with E-state index >= 15 is 0 Å². The van der Waals surface area contributed by atoms with Gasteiger partial charge in [0, 0.05) is 9.49 Å². The minimum Gasteiger partial charge on any atom is -0.508 e. The number of para-hydroxylation sites is 1. The summed E-state index contributed by atoms with van der Waals surface area (Å²) in [6, 6.07) is 7.34. The molecule has 3 heterocycles. The van der Waals surface area contributed by atoms with Crippen LogP contribution in [0.5, 0.6) is 5.75 Å². The Labute approximate surface area is 143 Å². The Hall–Kier alpha value is -0.410. The van der Waals surface area contributed by atoms with Crippen LogP contribution in [-0.2, 0) is 18.9 Å². The quantitative estimate of drug-likeness (QED) is 0.562. The fourth-order valence-corrected chi connectivity index (χ4v) is 4.53. The number of phenols is 1. The first-order valence-electron chi connectivity index (χ1n) is 7.53. The number of rotatable bonds is 1. The molecule has 3 aliphatic rings. The van der Waals surface area contributed by atoms with Gasteiger partial charge < -0.3 is 24.1 Å². The molecule has 6 heteroatoms. The van der Waals surface area contributed by atoms with Crippen LogP contribution in [0.4, 0.5) is 0 Å². The number of aromatic hydroxyl groups is 1. The molecule has 1 aromatic carbocycles. The van der Waals surface area contributed by atoms with Crippen molar-refractivity contribution >= 4 is 22.6 Å². The van der Waals surface area contributed by atoms with E-state index < -0.39 is 5.79 Å². The molecule has 0 aromatic heterocycles. The van der Waals surface area contributed by atoms with E-state index in [4.69, 9.17) is 18.9 Å². The van der Waals surface area contributed by atoms with Gasteiger partial charge in [0.05, 0.1) is 6.10 Å². The normalized spacial score (nSPS) is 42.9. The highest BCUT2D eigenvalue weighted by Gasteiger charge is 2.59. The molecular formula is C16H19IO5. The van der Waals surface area contributed by atoms with Crippen LogP contribution in [-0.4, -0.2) is 39.4 Å². The van der Waals surface area contributed by atoms with Crippen LogP contribution in [0, 0.1) is 0 Å². The van der Waals surface area contributed by atoms with Gasteiger partial charge >= 0.3 is 0 Å². The van der Waals surface area contributed by atoms with Gasteiger partial charge in [-0.2, -0.15) is 0 Å². The van der Waals surface area contributed by atoms with E-state index in [1.54, 1.807) is 6.07 Å². The molecule has 1 N–H and O–H groups in total. The highest BCUT2D eigenvalue weighted by molar-refractivity contribution is 14.1. The second-order valence-corrected chi connectivity index (χ2v) is 8.07. The van der Waals surface area contributed by atoms with E-state index in [0.29, 0.717) is 0 Å². The maximum absolute atomic E-state index is 10.1. The summed E-state index contributed by atoms with van der Waals surface area (Å²) in [6.07, 6.45) is -0.154. The second kappa shape index (κ2) is 5.31. The second-order valence-electron chi connectivity index (χ2n) is 6.47. The fourth-order valence-electron chi connectivity index (χ4n) is 3.49. The van der Waals surface area contributed by atoms with Crippen LogP contribution in [0.2, 0.25) is 0 Å². The van der Waals surface area contributed by atoms with Gasteiger partial charge in [0.25, 0.3) is 0 Å². The van der Waals surface area contributed by atoms with Crippen molar-refractivity contribution < 1.29 is 24.1 Å². The zero-order valence-electron chi connectivity index (χ0n) is 12.4.